The number of nitrogens with zero attached hydrogens (tertiary/aromatic N) is 1. The maximum atomic E-state index is 12.8. The first-order chi connectivity index (χ1) is 9.91. The van der Waals surface area contributed by atoms with E-state index in [1.807, 2.05) is 38.1 Å². The van der Waals surface area contributed by atoms with Gasteiger partial charge in [-0.25, -0.2) is 0 Å². The lowest BCUT2D eigenvalue weighted by Gasteiger charge is -2.44. The second kappa shape index (κ2) is 6.34. The van der Waals surface area contributed by atoms with E-state index in [2.05, 4.69) is 27.9 Å². The van der Waals surface area contributed by atoms with Gasteiger partial charge in [-0.3, -0.25) is 9.59 Å². The van der Waals surface area contributed by atoms with Crippen molar-refractivity contribution in [3.05, 3.63) is 33.4 Å². The van der Waals surface area contributed by atoms with E-state index in [1.165, 1.54) is 0 Å². The molecule has 2 atom stereocenters. The lowest BCUT2D eigenvalue weighted by molar-refractivity contribution is -0.155. The first-order valence-corrected chi connectivity index (χ1v) is 8.36. The molecule has 2 rings (SSSR count). The zero-order valence-corrected chi connectivity index (χ0v) is 14.8. The molecule has 0 aliphatic carbocycles. The van der Waals surface area contributed by atoms with E-state index in [0.717, 1.165) is 9.13 Å². The van der Waals surface area contributed by atoms with Crippen molar-refractivity contribution in [2.45, 2.75) is 51.7 Å². The molecule has 1 fully saturated rings. The van der Waals surface area contributed by atoms with E-state index in [4.69, 9.17) is 0 Å². The van der Waals surface area contributed by atoms with Crippen LogP contribution >= 0.6 is 22.6 Å². The molecule has 1 N–H and O–H groups in total. The summed E-state index contributed by atoms with van der Waals surface area (Å²) in [7, 11) is 0. The number of hydrogen-bond donors (Lipinski definition) is 1. The van der Waals surface area contributed by atoms with Crippen molar-refractivity contribution in [2.24, 2.45) is 0 Å². The molecular formula is C16H21IN2O2. The number of nitrogens with one attached hydrogen (secondary N) is 1. The zero-order valence-electron chi connectivity index (χ0n) is 12.6. The summed E-state index contributed by atoms with van der Waals surface area (Å²) >= 11 is 2.25. The Hall–Kier alpha value is -1.11. The van der Waals surface area contributed by atoms with Crippen molar-refractivity contribution < 1.29 is 9.59 Å². The van der Waals surface area contributed by atoms with Gasteiger partial charge < -0.3 is 10.2 Å². The van der Waals surface area contributed by atoms with Crippen LogP contribution in [0.1, 0.15) is 39.2 Å². The normalized spacial score (nSPS) is 25.9. The zero-order chi connectivity index (χ0) is 15.6. The topological polar surface area (TPSA) is 49.4 Å². The van der Waals surface area contributed by atoms with Gasteiger partial charge in [-0.05, 0) is 60.1 Å². The Bertz CT molecular complexity index is 544. The highest BCUT2D eigenvalue weighted by atomic mass is 127. The minimum atomic E-state index is -0.786. The highest BCUT2D eigenvalue weighted by Crippen LogP contribution is 2.25. The Kier molecular flexibility index (Phi) is 4.91. The second-order valence-electron chi connectivity index (χ2n) is 5.66. The molecule has 2 unspecified atom stereocenters. The van der Waals surface area contributed by atoms with Gasteiger partial charge in [0, 0.05) is 10.1 Å². The van der Waals surface area contributed by atoms with E-state index < -0.39 is 5.54 Å². The predicted octanol–water partition coefficient (Wildman–Crippen LogP) is 2.70. The second-order valence-corrected chi connectivity index (χ2v) is 6.90. The van der Waals surface area contributed by atoms with Crippen LogP contribution in [0.25, 0.3) is 0 Å². The van der Waals surface area contributed by atoms with Crippen LogP contribution < -0.4 is 5.32 Å². The molecule has 2 amide bonds. The molecule has 0 radical (unpaired) electrons. The molecule has 1 aromatic rings. The summed E-state index contributed by atoms with van der Waals surface area (Å²) in [6, 6.07) is 7.68. The first-order valence-electron chi connectivity index (χ1n) is 7.28. The summed E-state index contributed by atoms with van der Waals surface area (Å²) < 4.78 is 1.16. The van der Waals surface area contributed by atoms with Gasteiger partial charge in [-0.1, -0.05) is 26.0 Å². The van der Waals surface area contributed by atoms with Crippen LogP contribution in [0.3, 0.4) is 0 Å². The third-order valence-electron chi connectivity index (χ3n) is 4.17. The quantitative estimate of drug-likeness (QED) is 0.791. The molecule has 1 aromatic carbocycles. The minimum Gasteiger partial charge on any atom is -0.340 e. The Morgan fingerprint density at radius 2 is 1.86 bits per heavy atom. The molecule has 4 nitrogen and oxygen atoms in total. The lowest BCUT2D eigenvalue weighted by Crippen LogP contribution is -2.68. The van der Waals surface area contributed by atoms with E-state index in [-0.39, 0.29) is 17.9 Å². The Labute approximate surface area is 139 Å². The largest absolute Gasteiger partial charge is 0.340 e. The average molecular weight is 400 g/mol. The minimum absolute atomic E-state index is 0.00926. The van der Waals surface area contributed by atoms with Crippen molar-refractivity contribution in [1.82, 2.24) is 10.2 Å². The van der Waals surface area contributed by atoms with Gasteiger partial charge in [-0.15, -0.1) is 0 Å². The van der Waals surface area contributed by atoms with Crippen molar-refractivity contribution >= 4 is 34.4 Å². The van der Waals surface area contributed by atoms with Crippen molar-refractivity contribution in [3.8, 4) is 0 Å². The fourth-order valence-corrected chi connectivity index (χ4v) is 2.98. The fraction of sp³-hybridized carbons (Fsp3) is 0.500. The Balaban J connectivity index is 2.29. The fourth-order valence-electron chi connectivity index (χ4n) is 2.62. The van der Waals surface area contributed by atoms with Crippen LogP contribution in [-0.4, -0.2) is 28.3 Å². The third kappa shape index (κ3) is 3.22. The van der Waals surface area contributed by atoms with E-state index >= 15 is 0 Å². The van der Waals surface area contributed by atoms with Gasteiger partial charge in [0.15, 0.2) is 0 Å². The first kappa shape index (κ1) is 16.3. The standard InChI is InChI=1S/C16H21IN2O2/c1-4-13-14(20)18-16(3,5-2)15(21)19(13)10-11-6-8-12(17)9-7-11/h6-9,13H,4-5,10H2,1-3H3,(H,18,20). The highest BCUT2D eigenvalue weighted by molar-refractivity contribution is 14.1. The number of carbonyl (C=O) groups is 2. The van der Waals surface area contributed by atoms with Crippen molar-refractivity contribution in [3.63, 3.8) is 0 Å². The summed E-state index contributed by atoms with van der Waals surface area (Å²) in [5.74, 6) is -0.0399. The predicted molar refractivity (Wildman–Crippen MR) is 90.6 cm³/mol. The molecule has 0 spiro atoms. The van der Waals surface area contributed by atoms with Crippen LogP contribution in [0.2, 0.25) is 0 Å². The van der Waals surface area contributed by atoms with Gasteiger partial charge in [-0.2, -0.15) is 0 Å². The lowest BCUT2D eigenvalue weighted by atomic mass is 9.91. The Morgan fingerprint density at radius 1 is 1.24 bits per heavy atom. The molecule has 0 aromatic heterocycles. The molecule has 1 aliphatic rings. The van der Waals surface area contributed by atoms with Crippen LogP contribution in [0.5, 0.6) is 0 Å². The molecule has 1 aliphatic heterocycles. The molecule has 1 saturated heterocycles. The summed E-state index contributed by atoms with van der Waals surface area (Å²) in [5, 5.41) is 2.89. The average Bonchev–Trinajstić information content (AvgIpc) is 2.47. The molecule has 114 valence electrons. The van der Waals surface area contributed by atoms with Crippen LogP contribution in [0.4, 0.5) is 0 Å². The van der Waals surface area contributed by atoms with Crippen LogP contribution in [-0.2, 0) is 16.1 Å². The smallest absolute Gasteiger partial charge is 0.249 e. The number of amides is 2. The van der Waals surface area contributed by atoms with E-state index in [9.17, 15) is 9.59 Å². The number of halogens is 1. The summed E-state index contributed by atoms with van der Waals surface area (Å²) in [5.41, 5.74) is 0.266. The summed E-state index contributed by atoms with van der Waals surface area (Å²) in [4.78, 5) is 26.8. The number of hydrogen-bond acceptors (Lipinski definition) is 2. The molecule has 1 heterocycles. The van der Waals surface area contributed by atoms with Gasteiger partial charge in [0.25, 0.3) is 0 Å². The van der Waals surface area contributed by atoms with Crippen LogP contribution in [0.15, 0.2) is 24.3 Å². The summed E-state index contributed by atoms with van der Waals surface area (Å²) in [6.07, 6.45) is 1.22. The summed E-state index contributed by atoms with van der Waals surface area (Å²) in [6.45, 7) is 6.15. The molecular weight excluding hydrogens is 379 g/mol. The van der Waals surface area contributed by atoms with Gasteiger partial charge in [0.1, 0.15) is 11.6 Å². The van der Waals surface area contributed by atoms with E-state index in [0.29, 0.717) is 19.4 Å². The number of piperazine rings is 1. The molecule has 21 heavy (non-hydrogen) atoms. The monoisotopic (exact) mass is 400 g/mol. The third-order valence-corrected chi connectivity index (χ3v) is 4.89. The highest BCUT2D eigenvalue weighted by Gasteiger charge is 2.46. The van der Waals surface area contributed by atoms with Gasteiger partial charge in [0.05, 0.1) is 0 Å². The SMILES string of the molecule is CCC1C(=O)NC(C)(CC)C(=O)N1Cc1ccc(I)cc1. The number of benzene rings is 1. The van der Waals surface area contributed by atoms with Gasteiger partial charge in [0.2, 0.25) is 11.8 Å². The van der Waals surface area contributed by atoms with Crippen molar-refractivity contribution in [2.75, 3.05) is 0 Å². The van der Waals surface area contributed by atoms with E-state index in [1.54, 1.807) is 11.8 Å². The van der Waals surface area contributed by atoms with Crippen LogP contribution in [0, 0.1) is 3.57 Å². The van der Waals surface area contributed by atoms with Crippen molar-refractivity contribution in [1.29, 1.82) is 0 Å². The molecule has 0 saturated carbocycles. The van der Waals surface area contributed by atoms with Gasteiger partial charge >= 0.3 is 0 Å². The Morgan fingerprint density at radius 3 is 2.38 bits per heavy atom. The number of carbonyl (C=O) groups excluding carboxylic acids is 2. The number of rotatable bonds is 4. The molecule has 5 heteroatoms. The molecule has 0 bridgehead atoms. The maximum Gasteiger partial charge on any atom is 0.249 e. The maximum absolute atomic E-state index is 12.8.